The van der Waals surface area contributed by atoms with Crippen LogP contribution in [-0.4, -0.2) is 19.2 Å². The largest absolute Gasteiger partial charge is 0.492 e. The van der Waals surface area contributed by atoms with Gasteiger partial charge in [0.2, 0.25) is 0 Å². The molecule has 2 N–H and O–H groups in total. The van der Waals surface area contributed by atoms with Gasteiger partial charge in [-0.25, -0.2) is 4.79 Å². The summed E-state index contributed by atoms with van der Waals surface area (Å²) >= 11 is 3.43. The topological polar surface area (TPSA) is 50.4 Å². The van der Waals surface area contributed by atoms with Gasteiger partial charge in [0.05, 0.1) is 6.54 Å². The molecule has 0 radical (unpaired) electrons. The summed E-state index contributed by atoms with van der Waals surface area (Å²) in [5, 5.41) is 5.55. The van der Waals surface area contributed by atoms with Crippen molar-refractivity contribution in [2.45, 2.75) is 13.8 Å². The molecule has 0 atom stereocenters. The smallest absolute Gasteiger partial charge is 0.319 e. The predicted molar refractivity (Wildman–Crippen MR) is 92.6 cm³/mol. The lowest BCUT2D eigenvalue weighted by atomic mass is 10.2. The number of hydrogen-bond acceptors (Lipinski definition) is 2. The highest BCUT2D eigenvalue weighted by atomic mass is 79.9. The normalized spacial score (nSPS) is 10.1. The number of carbonyl (C=O) groups excluding carboxylic acids is 1. The number of halogens is 1. The van der Waals surface area contributed by atoms with E-state index in [1.165, 1.54) is 5.56 Å². The molecule has 0 aromatic heterocycles. The lowest BCUT2D eigenvalue weighted by Gasteiger charge is -2.10. The van der Waals surface area contributed by atoms with E-state index in [1.807, 2.05) is 56.3 Å². The number of urea groups is 1. The molecule has 2 aromatic rings. The number of carbonyl (C=O) groups is 1. The van der Waals surface area contributed by atoms with Crippen LogP contribution in [0.5, 0.6) is 5.75 Å². The van der Waals surface area contributed by atoms with Crippen molar-refractivity contribution < 1.29 is 9.53 Å². The average Bonchev–Trinajstić information content (AvgIpc) is 2.49. The molecule has 0 aliphatic carbocycles. The summed E-state index contributed by atoms with van der Waals surface area (Å²) in [6.45, 7) is 4.87. The van der Waals surface area contributed by atoms with E-state index >= 15 is 0 Å². The first-order valence-corrected chi connectivity index (χ1v) is 7.84. The molecule has 2 amide bonds. The van der Waals surface area contributed by atoms with Crippen molar-refractivity contribution in [3.8, 4) is 5.75 Å². The summed E-state index contributed by atoms with van der Waals surface area (Å²) in [5.74, 6) is 0.802. The van der Waals surface area contributed by atoms with Crippen LogP contribution in [0.3, 0.4) is 0 Å². The third-order valence-electron chi connectivity index (χ3n) is 3.09. The van der Waals surface area contributed by atoms with Crippen molar-refractivity contribution in [1.82, 2.24) is 5.32 Å². The minimum Gasteiger partial charge on any atom is -0.492 e. The maximum Gasteiger partial charge on any atom is 0.319 e. The fourth-order valence-electron chi connectivity index (χ4n) is 1.87. The second-order valence-electron chi connectivity index (χ2n) is 5.01. The zero-order chi connectivity index (χ0) is 15.9. The fourth-order valence-corrected chi connectivity index (χ4v) is 2.11. The molecule has 0 aliphatic heterocycles. The van der Waals surface area contributed by atoms with Crippen molar-refractivity contribution in [2.24, 2.45) is 0 Å². The molecule has 0 saturated carbocycles. The van der Waals surface area contributed by atoms with Gasteiger partial charge >= 0.3 is 6.03 Å². The predicted octanol–water partition coefficient (Wildman–Crippen LogP) is 4.27. The number of nitrogens with one attached hydrogen (secondary N) is 2. The molecule has 0 spiro atoms. The van der Waals surface area contributed by atoms with Crippen molar-refractivity contribution in [3.63, 3.8) is 0 Å². The SMILES string of the molecule is Cc1ccc(OCCNC(=O)Nc2ccc(Br)c(C)c2)cc1. The highest BCUT2D eigenvalue weighted by Crippen LogP contribution is 2.19. The third-order valence-corrected chi connectivity index (χ3v) is 3.98. The Morgan fingerprint density at radius 1 is 1.14 bits per heavy atom. The van der Waals surface area contributed by atoms with Crippen molar-refractivity contribution >= 4 is 27.6 Å². The van der Waals surface area contributed by atoms with E-state index in [9.17, 15) is 4.79 Å². The molecule has 22 heavy (non-hydrogen) atoms. The third kappa shape index (κ3) is 5.07. The summed E-state index contributed by atoms with van der Waals surface area (Å²) in [6, 6.07) is 13.2. The van der Waals surface area contributed by atoms with E-state index in [2.05, 4.69) is 26.6 Å². The quantitative estimate of drug-likeness (QED) is 0.780. The van der Waals surface area contributed by atoms with Gasteiger partial charge in [-0.2, -0.15) is 0 Å². The van der Waals surface area contributed by atoms with Crippen LogP contribution >= 0.6 is 15.9 Å². The van der Waals surface area contributed by atoms with Crippen LogP contribution < -0.4 is 15.4 Å². The Labute approximate surface area is 139 Å². The Morgan fingerprint density at radius 2 is 1.86 bits per heavy atom. The number of benzene rings is 2. The Hall–Kier alpha value is -2.01. The van der Waals surface area contributed by atoms with E-state index in [0.29, 0.717) is 13.2 Å². The molecule has 0 fully saturated rings. The van der Waals surface area contributed by atoms with Gasteiger partial charge in [-0.3, -0.25) is 0 Å². The summed E-state index contributed by atoms with van der Waals surface area (Å²) in [4.78, 5) is 11.8. The van der Waals surface area contributed by atoms with Gasteiger partial charge in [0.15, 0.2) is 0 Å². The highest BCUT2D eigenvalue weighted by Gasteiger charge is 2.03. The van der Waals surface area contributed by atoms with Gasteiger partial charge in [0, 0.05) is 10.2 Å². The Balaban J connectivity index is 1.71. The minimum absolute atomic E-state index is 0.241. The second-order valence-corrected chi connectivity index (χ2v) is 5.86. The van der Waals surface area contributed by atoms with Gasteiger partial charge in [-0.1, -0.05) is 33.6 Å². The lowest BCUT2D eigenvalue weighted by molar-refractivity contribution is 0.247. The number of ether oxygens (including phenoxy) is 1. The first-order chi connectivity index (χ1) is 10.5. The summed E-state index contributed by atoms with van der Waals surface area (Å²) in [5.41, 5.74) is 3.02. The summed E-state index contributed by atoms with van der Waals surface area (Å²) in [7, 11) is 0. The maximum absolute atomic E-state index is 11.8. The van der Waals surface area contributed by atoms with Crippen LogP contribution in [-0.2, 0) is 0 Å². The van der Waals surface area contributed by atoms with Crippen LogP contribution in [0.25, 0.3) is 0 Å². The van der Waals surface area contributed by atoms with Gasteiger partial charge in [-0.15, -0.1) is 0 Å². The van der Waals surface area contributed by atoms with Crippen LogP contribution in [0.15, 0.2) is 46.9 Å². The van der Waals surface area contributed by atoms with Gasteiger partial charge in [0.25, 0.3) is 0 Å². The fraction of sp³-hybridized carbons (Fsp3) is 0.235. The molecule has 0 saturated heterocycles. The zero-order valence-electron chi connectivity index (χ0n) is 12.7. The number of hydrogen-bond donors (Lipinski definition) is 2. The van der Waals surface area contributed by atoms with E-state index in [4.69, 9.17) is 4.74 Å². The maximum atomic E-state index is 11.8. The molecule has 2 aromatic carbocycles. The Bertz CT molecular complexity index is 642. The second kappa shape index (κ2) is 7.84. The van der Waals surface area contributed by atoms with E-state index in [1.54, 1.807) is 0 Å². The average molecular weight is 363 g/mol. The molecular weight excluding hydrogens is 344 g/mol. The number of anilines is 1. The van der Waals surface area contributed by atoms with Crippen LogP contribution in [0.1, 0.15) is 11.1 Å². The van der Waals surface area contributed by atoms with Crippen LogP contribution in [0.4, 0.5) is 10.5 Å². The highest BCUT2D eigenvalue weighted by molar-refractivity contribution is 9.10. The molecular formula is C17H19BrN2O2. The van der Waals surface area contributed by atoms with Gasteiger partial charge in [0.1, 0.15) is 12.4 Å². The van der Waals surface area contributed by atoms with E-state index in [0.717, 1.165) is 21.5 Å². The van der Waals surface area contributed by atoms with Crippen LogP contribution in [0.2, 0.25) is 0 Å². The summed E-state index contributed by atoms with van der Waals surface area (Å²) in [6.07, 6.45) is 0. The standard InChI is InChI=1S/C17H19BrN2O2/c1-12-3-6-15(7-4-12)22-10-9-19-17(21)20-14-5-8-16(18)13(2)11-14/h3-8,11H,9-10H2,1-2H3,(H2,19,20,21). The first kappa shape index (κ1) is 16.4. The molecule has 0 bridgehead atoms. The zero-order valence-corrected chi connectivity index (χ0v) is 14.2. The molecule has 0 aliphatic rings. The number of rotatable bonds is 5. The van der Waals surface area contributed by atoms with E-state index < -0.39 is 0 Å². The van der Waals surface area contributed by atoms with Gasteiger partial charge in [-0.05, 0) is 49.7 Å². The molecule has 5 heteroatoms. The molecule has 2 rings (SSSR count). The number of amides is 2. The number of aryl methyl sites for hydroxylation is 2. The van der Waals surface area contributed by atoms with Crippen molar-refractivity contribution in [3.05, 3.63) is 58.1 Å². The molecule has 4 nitrogen and oxygen atoms in total. The first-order valence-electron chi connectivity index (χ1n) is 7.05. The van der Waals surface area contributed by atoms with Gasteiger partial charge < -0.3 is 15.4 Å². The Kier molecular flexibility index (Phi) is 5.83. The van der Waals surface area contributed by atoms with E-state index in [-0.39, 0.29) is 6.03 Å². The molecule has 116 valence electrons. The molecule has 0 unspecified atom stereocenters. The monoisotopic (exact) mass is 362 g/mol. The van der Waals surface area contributed by atoms with Crippen molar-refractivity contribution in [1.29, 1.82) is 0 Å². The minimum atomic E-state index is -0.241. The summed E-state index contributed by atoms with van der Waals surface area (Å²) < 4.78 is 6.57. The Morgan fingerprint density at radius 3 is 2.55 bits per heavy atom. The molecule has 0 heterocycles. The van der Waals surface area contributed by atoms with Crippen LogP contribution in [0, 0.1) is 13.8 Å². The van der Waals surface area contributed by atoms with Crippen molar-refractivity contribution in [2.75, 3.05) is 18.5 Å². The lowest BCUT2D eigenvalue weighted by Crippen LogP contribution is -2.32.